The van der Waals surface area contributed by atoms with E-state index < -0.39 is 9.84 Å². The molecule has 2 rings (SSSR count). The van der Waals surface area contributed by atoms with Gasteiger partial charge in [0.1, 0.15) is 0 Å². The lowest BCUT2D eigenvalue weighted by molar-refractivity contribution is 0.0532. The summed E-state index contributed by atoms with van der Waals surface area (Å²) in [6.45, 7) is 3.21. The lowest BCUT2D eigenvalue weighted by atomic mass is 9.90. The van der Waals surface area contributed by atoms with Gasteiger partial charge in [-0.3, -0.25) is 4.79 Å². The van der Waals surface area contributed by atoms with Crippen LogP contribution in [0.1, 0.15) is 30.1 Å². The molecule has 0 spiro atoms. The first-order chi connectivity index (χ1) is 9.84. The molecule has 1 aliphatic rings. The number of carbonyl (C=O) groups excluding carboxylic acids is 1. The quantitative estimate of drug-likeness (QED) is 0.912. The van der Waals surface area contributed by atoms with Crippen molar-refractivity contribution in [3.63, 3.8) is 0 Å². The average Bonchev–Trinajstić information content (AvgIpc) is 2.45. The third-order valence-electron chi connectivity index (χ3n) is 4.13. The molecule has 0 radical (unpaired) electrons. The number of amides is 1. The number of nitrogens with zero attached hydrogens (tertiary/aromatic N) is 1. The van der Waals surface area contributed by atoms with Crippen LogP contribution in [-0.2, 0) is 9.84 Å². The van der Waals surface area contributed by atoms with Crippen molar-refractivity contribution in [1.82, 2.24) is 4.90 Å². The SMILES string of the molecule is CC1CCCN(C(=O)c2cccc(S(C)(=O)=O)c2)C1CN. The highest BCUT2D eigenvalue weighted by atomic mass is 32.2. The van der Waals surface area contributed by atoms with E-state index in [9.17, 15) is 13.2 Å². The van der Waals surface area contributed by atoms with Gasteiger partial charge < -0.3 is 10.6 Å². The second-order valence-corrected chi connectivity index (χ2v) is 7.74. The van der Waals surface area contributed by atoms with Gasteiger partial charge in [-0.15, -0.1) is 0 Å². The summed E-state index contributed by atoms with van der Waals surface area (Å²) < 4.78 is 23.2. The first-order valence-electron chi connectivity index (χ1n) is 7.15. The highest BCUT2D eigenvalue weighted by Crippen LogP contribution is 2.25. The average molecular weight is 310 g/mol. The predicted octanol–water partition coefficient (Wildman–Crippen LogP) is 1.29. The fraction of sp³-hybridized carbons (Fsp3) is 0.533. The summed E-state index contributed by atoms with van der Waals surface area (Å²) in [5.74, 6) is 0.230. The lowest BCUT2D eigenvalue weighted by Gasteiger charge is -2.39. The van der Waals surface area contributed by atoms with Gasteiger partial charge in [0, 0.05) is 31.0 Å². The Hall–Kier alpha value is -1.40. The molecule has 2 unspecified atom stereocenters. The summed E-state index contributed by atoms with van der Waals surface area (Å²) in [5.41, 5.74) is 6.22. The van der Waals surface area contributed by atoms with Crippen LogP contribution in [0.5, 0.6) is 0 Å². The van der Waals surface area contributed by atoms with Crippen LogP contribution in [0.25, 0.3) is 0 Å². The van der Waals surface area contributed by atoms with Crippen molar-refractivity contribution in [2.24, 2.45) is 11.7 Å². The lowest BCUT2D eigenvalue weighted by Crippen LogP contribution is -2.51. The highest BCUT2D eigenvalue weighted by molar-refractivity contribution is 7.90. The van der Waals surface area contributed by atoms with Gasteiger partial charge in [-0.1, -0.05) is 13.0 Å². The fourth-order valence-corrected chi connectivity index (χ4v) is 3.55. The Morgan fingerprint density at radius 2 is 2.14 bits per heavy atom. The highest BCUT2D eigenvalue weighted by Gasteiger charge is 2.31. The minimum absolute atomic E-state index is 0.0214. The molecule has 116 valence electrons. The number of benzene rings is 1. The van der Waals surface area contributed by atoms with Crippen molar-refractivity contribution < 1.29 is 13.2 Å². The number of piperidine rings is 1. The van der Waals surface area contributed by atoms with Gasteiger partial charge in [0.15, 0.2) is 9.84 Å². The minimum Gasteiger partial charge on any atom is -0.334 e. The van der Waals surface area contributed by atoms with Crippen LogP contribution in [-0.4, -0.2) is 44.6 Å². The summed E-state index contributed by atoms with van der Waals surface area (Å²) in [6, 6.07) is 6.24. The van der Waals surface area contributed by atoms with Gasteiger partial charge in [0.05, 0.1) is 4.90 Å². The predicted molar refractivity (Wildman–Crippen MR) is 81.8 cm³/mol. The Bertz CT molecular complexity index is 628. The van der Waals surface area contributed by atoms with Gasteiger partial charge in [0.2, 0.25) is 0 Å². The van der Waals surface area contributed by atoms with E-state index in [2.05, 4.69) is 6.92 Å². The Kier molecular flexibility index (Phi) is 4.68. The first-order valence-corrected chi connectivity index (χ1v) is 9.05. The van der Waals surface area contributed by atoms with Gasteiger partial charge >= 0.3 is 0 Å². The zero-order valence-corrected chi connectivity index (χ0v) is 13.3. The molecule has 1 aromatic rings. The summed E-state index contributed by atoms with van der Waals surface area (Å²) in [6.07, 6.45) is 3.16. The molecule has 2 N–H and O–H groups in total. The minimum atomic E-state index is -3.31. The molecule has 1 saturated heterocycles. The maximum atomic E-state index is 12.7. The van der Waals surface area contributed by atoms with Gasteiger partial charge in [-0.25, -0.2) is 8.42 Å². The third kappa shape index (κ3) is 3.44. The molecule has 0 saturated carbocycles. The van der Waals surface area contributed by atoms with Crippen LogP contribution in [0.15, 0.2) is 29.2 Å². The molecule has 1 amide bonds. The van der Waals surface area contributed by atoms with E-state index in [1.54, 1.807) is 17.0 Å². The summed E-state index contributed by atoms with van der Waals surface area (Å²) >= 11 is 0. The molecule has 1 aromatic carbocycles. The second kappa shape index (κ2) is 6.15. The molecule has 6 heteroatoms. The van der Waals surface area contributed by atoms with E-state index in [0.29, 0.717) is 24.6 Å². The Balaban J connectivity index is 2.31. The van der Waals surface area contributed by atoms with Gasteiger partial charge in [-0.05, 0) is 37.0 Å². The van der Waals surface area contributed by atoms with Crippen molar-refractivity contribution in [2.75, 3.05) is 19.3 Å². The van der Waals surface area contributed by atoms with Crippen LogP contribution in [0, 0.1) is 5.92 Å². The second-order valence-electron chi connectivity index (χ2n) is 5.72. The molecular weight excluding hydrogens is 288 g/mol. The number of nitrogens with two attached hydrogens (primary N) is 1. The maximum absolute atomic E-state index is 12.7. The molecular formula is C15H22N2O3S. The molecule has 1 heterocycles. The van der Waals surface area contributed by atoms with E-state index in [-0.39, 0.29) is 16.8 Å². The molecule has 2 atom stereocenters. The van der Waals surface area contributed by atoms with Crippen molar-refractivity contribution in [3.05, 3.63) is 29.8 Å². The van der Waals surface area contributed by atoms with Crippen molar-refractivity contribution in [1.29, 1.82) is 0 Å². The van der Waals surface area contributed by atoms with Gasteiger partial charge in [0.25, 0.3) is 5.91 Å². The summed E-state index contributed by atoms with van der Waals surface area (Å²) in [5, 5.41) is 0. The zero-order chi connectivity index (χ0) is 15.6. The first kappa shape index (κ1) is 16.0. The van der Waals surface area contributed by atoms with Crippen LogP contribution in [0.3, 0.4) is 0 Å². The summed E-state index contributed by atoms with van der Waals surface area (Å²) in [7, 11) is -3.31. The van der Waals surface area contributed by atoms with Crippen molar-refractivity contribution in [2.45, 2.75) is 30.7 Å². The largest absolute Gasteiger partial charge is 0.334 e. The summed E-state index contributed by atoms with van der Waals surface area (Å²) in [4.78, 5) is 14.6. The molecule has 0 aliphatic carbocycles. The van der Waals surface area contributed by atoms with Crippen LogP contribution >= 0.6 is 0 Å². The van der Waals surface area contributed by atoms with Crippen LogP contribution in [0.2, 0.25) is 0 Å². The number of carbonyl (C=O) groups is 1. The monoisotopic (exact) mass is 310 g/mol. The Morgan fingerprint density at radius 3 is 2.76 bits per heavy atom. The van der Waals surface area contributed by atoms with E-state index in [1.165, 1.54) is 12.1 Å². The molecule has 5 nitrogen and oxygen atoms in total. The molecule has 1 fully saturated rings. The van der Waals surface area contributed by atoms with Crippen molar-refractivity contribution >= 4 is 15.7 Å². The van der Waals surface area contributed by atoms with Gasteiger partial charge in [-0.2, -0.15) is 0 Å². The molecule has 0 bridgehead atoms. The molecule has 0 aromatic heterocycles. The van der Waals surface area contributed by atoms with E-state index >= 15 is 0 Å². The zero-order valence-electron chi connectivity index (χ0n) is 12.5. The fourth-order valence-electron chi connectivity index (χ4n) is 2.89. The smallest absolute Gasteiger partial charge is 0.254 e. The third-order valence-corrected chi connectivity index (χ3v) is 5.24. The number of sulfone groups is 1. The maximum Gasteiger partial charge on any atom is 0.254 e. The standard InChI is InChI=1S/C15H22N2O3S/c1-11-5-4-8-17(14(11)10-16)15(18)12-6-3-7-13(9-12)21(2,19)20/h3,6-7,9,11,14H,4-5,8,10,16H2,1-2H3. The number of hydrogen-bond donors (Lipinski definition) is 1. The van der Waals surface area contributed by atoms with E-state index in [1.807, 2.05) is 0 Å². The van der Waals surface area contributed by atoms with E-state index in [4.69, 9.17) is 5.73 Å². The Labute approximate surface area is 126 Å². The number of likely N-dealkylation sites (tertiary alicyclic amines) is 1. The van der Waals surface area contributed by atoms with Crippen molar-refractivity contribution in [3.8, 4) is 0 Å². The topological polar surface area (TPSA) is 80.5 Å². The van der Waals surface area contributed by atoms with Crippen LogP contribution in [0.4, 0.5) is 0 Å². The number of rotatable bonds is 3. The number of hydrogen-bond acceptors (Lipinski definition) is 4. The molecule has 21 heavy (non-hydrogen) atoms. The van der Waals surface area contributed by atoms with E-state index in [0.717, 1.165) is 19.1 Å². The molecule has 1 aliphatic heterocycles. The normalized spacial score (nSPS) is 23.1. The Morgan fingerprint density at radius 1 is 1.43 bits per heavy atom. The van der Waals surface area contributed by atoms with Crippen LogP contribution < -0.4 is 5.73 Å².